The van der Waals surface area contributed by atoms with Crippen molar-refractivity contribution >= 4 is 5.91 Å². The minimum absolute atomic E-state index is 0.0000151. The van der Waals surface area contributed by atoms with Crippen LogP contribution in [0, 0.1) is 18.3 Å². The van der Waals surface area contributed by atoms with Gasteiger partial charge in [-0.1, -0.05) is 37.3 Å². The van der Waals surface area contributed by atoms with Crippen LogP contribution in [0.5, 0.6) is 0 Å². The van der Waals surface area contributed by atoms with Gasteiger partial charge < -0.3 is 19.9 Å². The van der Waals surface area contributed by atoms with E-state index in [2.05, 4.69) is 11.2 Å². The average molecular weight is 412 g/mol. The van der Waals surface area contributed by atoms with Crippen molar-refractivity contribution in [1.82, 2.24) is 5.32 Å². The summed E-state index contributed by atoms with van der Waals surface area (Å²) in [7, 11) is 0. The van der Waals surface area contributed by atoms with Crippen LogP contribution in [0.15, 0.2) is 36.1 Å². The average Bonchev–Trinajstić information content (AvgIpc) is 2.78. The lowest BCUT2D eigenvalue weighted by atomic mass is 9.80. The number of terminal acetylenes is 1. The second-order valence-electron chi connectivity index (χ2n) is 8.10. The van der Waals surface area contributed by atoms with Crippen molar-refractivity contribution in [2.45, 2.75) is 70.1 Å². The Bertz CT molecular complexity index is 758. The van der Waals surface area contributed by atoms with Gasteiger partial charge in [0, 0.05) is 36.7 Å². The molecule has 2 N–H and O–H groups in total. The van der Waals surface area contributed by atoms with Crippen LogP contribution >= 0.6 is 0 Å². The van der Waals surface area contributed by atoms with E-state index in [9.17, 15) is 9.90 Å². The summed E-state index contributed by atoms with van der Waals surface area (Å²) in [5.41, 5.74) is 1.88. The molecule has 0 unspecified atom stereocenters. The van der Waals surface area contributed by atoms with Crippen LogP contribution in [0.1, 0.15) is 68.9 Å². The highest BCUT2D eigenvalue weighted by Gasteiger charge is 2.38. The smallest absolute Gasteiger partial charge is 0.286 e. The van der Waals surface area contributed by atoms with Gasteiger partial charge in [-0.2, -0.15) is 0 Å². The Morgan fingerprint density at radius 1 is 1.27 bits per heavy atom. The molecule has 162 valence electrons. The van der Waals surface area contributed by atoms with E-state index in [1.54, 1.807) is 0 Å². The van der Waals surface area contributed by atoms with Crippen LogP contribution in [0.3, 0.4) is 0 Å². The predicted molar refractivity (Wildman–Crippen MR) is 117 cm³/mol. The number of ether oxygens (including phenoxy) is 2. The Balaban J connectivity index is 1.87. The van der Waals surface area contributed by atoms with Crippen LogP contribution in [0.25, 0.3) is 0 Å². The summed E-state index contributed by atoms with van der Waals surface area (Å²) in [6.45, 7) is 2.51. The summed E-state index contributed by atoms with van der Waals surface area (Å²) in [6, 6.07) is 8.06. The Morgan fingerprint density at radius 3 is 2.63 bits per heavy atom. The van der Waals surface area contributed by atoms with Gasteiger partial charge in [-0.3, -0.25) is 4.79 Å². The summed E-state index contributed by atoms with van der Waals surface area (Å²) in [4.78, 5) is 13.0. The first-order valence-electron chi connectivity index (χ1n) is 11.1. The molecular weight excluding hydrogens is 378 g/mol. The number of aliphatic hydroxyl groups excluding tert-OH is 1. The molecule has 5 heteroatoms. The van der Waals surface area contributed by atoms with Crippen molar-refractivity contribution in [1.29, 1.82) is 0 Å². The topological polar surface area (TPSA) is 67.8 Å². The van der Waals surface area contributed by atoms with Crippen LogP contribution in [0.4, 0.5) is 0 Å². The Labute approximate surface area is 179 Å². The highest BCUT2D eigenvalue weighted by Crippen LogP contribution is 2.39. The zero-order valence-corrected chi connectivity index (χ0v) is 17.8. The third-order valence-corrected chi connectivity index (χ3v) is 6.04. The number of aliphatic hydroxyl groups is 1. The fourth-order valence-electron chi connectivity index (χ4n) is 4.45. The molecule has 1 aliphatic heterocycles. The van der Waals surface area contributed by atoms with E-state index in [0.29, 0.717) is 18.8 Å². The van der Waals surface area contributed by atoms with E-state index in [0.717, 1.165) is 43.2 Å². The van der Waals surface area contributed by atoms with Crippen LogP contribution in [-0.2, 0) is 14.3 Å². The standard InChI is InChI=1S/C25H33NO4/c1-3-18-12-14-19(15-13-18)22-17-23(24(28)26-20-9-6-5-7-10-20)30-25(29-4-2)21(22)11-8-16-27/h1,12-15,17,20-22,25,27H,4-11,16H2,2H3,(H,26,28)/t21-,22-,25-/m1/s1. The molecule has 1 aromatic carbocycles. The summed E-state index contributed by atoms with van der Waals surface area (Å²) in [5, 5.41) is 12.5. The van der Waals surface area contributed by atoms with Gasteiger partial charge in [0.2, 0.25) is 6.29 Å². The lowest BCUT2D eigenvalue weighted by Gasteiger charge is -2.37. The zero-order valence-electron chi connectivity index (χ0n) is 17.8. The summed E-state index contributed by atoms with van der Waals surface area (Å²) < 4.78 is 12.0. The number of allylic oxidation sites excluding steroid dienone is 1. The van der Waals surface area contributed by atoms with E-state index in [1.807, 2.05) is 37.3 Å². The van der Waals surface area contributed by atoms with Gasteiger partial charge >= 0.3 is 0 Å². The molecule has 3 atom stereocenters. The minimum atomic E-state index is -0.532. The largest absolute Gasteiger partial charge is 0.459 e. The van der Waals surface area contributed by atoms with Crippen LogP contribution in [-0.4, -0.2) is 36.6 Å². The molecule has 1 amide bonds. The van der Waals surface area contributed by atoms with Crippen molar-refractivity contribution in [2.24, 2.45) is 5.92 Å². The second-order valence-corrected chi connectivity index (χ2v) is 8.10. The van der Waals surface area contributed by atoms with Gasteiger partial charge in [0.25, 0.3) is 5.91 Å². The SMILES string of the molecule is C#Cc1ccc([C@H]2C=C(C(=O)NC3CCCCC3)O[C@@H](OCC)[C@@H]2CCCO)cc1. The molecule has 1 aliphatic carbocycles. The Hall–Kier alpha value is -2.29. The lowest BCUT2D eigenvalue weighted by molar-refractivity contribution is -0.166. The molecule has 5 nitrogen and oxygen atoms in total. The van der Waals surface area contributed by atoms with Gasteiger partial charge in [-0.15, -0.1) is 6.42 Å². The van der Waals surface area contributed by atoms with E-state index < -0.39 is 6.29 Å². The van der Waals surface area contributed by atoms with Gasteiger partial charge in [0.1, 0.15) is 0 Å². The Kier molecular flexibility index (Phi) is 8.36. The molecule has 0 spiro atoms. The molecule has 1 fully saturated rings. The van der Waals surface area contributed by atoms with Crippen LogP contribution in [0.2, 0.25) is 0 Å². The Morgan fingerprint density at radius 2 is 2.00 bits per heavy atom. The van der Waals surface area contributed by atoms with Crippen molar-refractivity contribution in [3.05, 3.63) is 47.2 Å². The molecule has 30 heavy (non-hydrogen) atoms. The highest BCUT2D eigenvalue weighted by atomic mass is 16.7. The number of hydrogen-bond acceptors (Lipinski definition) is 4. The summed E-state index contributed by atoms with van der Waals surface area (Å²) >= 11 is 0. The normalized spacial score (nSPS) is 24.4. The molecule has 0 aromatic heterocycles. The number of benzene rings is 1. The molecule has 1 saturated carbocycles. The number of carbonyl (C=O) groups is 1. The molecule has 0 bridgehead atoms. The maximum Gasteiger partial charge on any atom is 0.286 e. The maximum atomic E-state index is 13.0. The van der Waals surface area contributed by atoms with Gasteiger partial charge in [-0.05, 0) is 56.4 Å². The quantitative estimate of drug-likeness (QED) is 0.638. The fourth-order valence-corrected chi connectivity index (χ4v) is 4.45. The summed E-state index contributed by atoms with van der Waals surface area (Å²) in [5.74, 6) is 2.74. The van der Waals surface area contributed by atoms with Crippen molar-refractivity contribution in [3.8, 4) is 12.3 Å². The van der Waals surface area contributed by atoms with Gasteiger partial charge in [-0.25, -0.2) is 0 Å². The van der Waals surface area contributed by atoms with Gasteiger partial charge in [0.05, 0.1) is 0 Å². The fraction of sp³-hybridized carbons (Fsp3) is 0.560. The van der Waals surface area contributed by atoms with Crippen molar-refractivity contribution in [2.75, 3.05) is 13.2 Å². The molecule has 1 heterocycles. The van der Waals surface area contributed by atoms with Crippen LogP contribution < -0.4 is 5.32 Å². The second kappa shape index (κ2) is 11.2. The molecule has 2 aliphatic rings. The highest BCUT2D eigenvalue weighted by molar-refractivity contribution is 5.92. The molecule has 3 rings (SSSR count). The number of hydrogen-bond donors (Lipinski definition) is 2. The first-order chi connectivity index (χ1) is 14.7. The molecule has 0 radical (unpaired) electrons. The van der Waals surface area contributed by atoms with Crippen molar-refractivity contribution < 1.29 is 19.4 Å². The van der Waals surface area contributed by atoms with E-state index >= 15 is 0 Å². The van der Waals surface area contributed by atoms with Crippen molar-refractivity contribution in [3.63, 3.8) is 0 Å². The number of carbonyl (C=O) groups excluding carboxylic acids is 1. The molecular formula is C25H33NO4. The first kappa shape index (κ1) is 22.4. The summed E-state index contributed by atoms with van der Waals surface area (Å²) in [6.07, 6.45) is 13.8. The monoisotopic (exact) mass is 411 g/mol. The predicted octanol–water partition coefficient (Wildman–Crippen LogP) is 3.87. The first-order valence-corrected chi connectivity index (χ1v) is 11.1. The molecule has 0 saturated heterocycles. The lowest BCUT2D eigenvalue weighted by Crippen LogP contribution is -2.42. The van der Waals surface area contributed by atoms with E-state index in [-0.39, 0.29) is 30.4 Å². The number of rotatable bonds is 8. The van der Waals surface area contributed by atoms with E-state index in [1.165, 1.54) is 6.42 Å². The minimum Gasteiger partial charge on any atom is -0.459 e. The third-order valence-electron chi connectivity index (χ3n) is 6.04. The maximum absolute atomic E-state index is 13.0. The number of nitrogens with one attached hydrogen (secondary N) is 1. The number of amides is 1. The third kappa shape index (κ3) is 5.65. The van der Waals surface area contributed by atoms with Gasteiger partial charge in [0.15, 0.2) is 5.76 Å². The van der Waals surface area contributed by atoms with E-state index in [4.69, 9.17) is 15.9 Å². The zero-order chi connectivity index (χ0) is 21.3. The molecule has 1 aromatic rings.